The number of hydrogen-bond donors (Lipinski definition) is 2. The normalized spacial score (nSPS) is 10.9. The second-order valence-electron chi connectivity index (χ2n) is 2.75. The predicted octanol–water partition coefficient (Wildman–Crippen LogP) is 1.48. The van der Waals surface area contributed by atoms with Crippen LogP contribution in [-0.4, -0.2) is 9.78 Å². The zero-order valence-electron chi connectivity index (χ0n) is 6.78. The fourth-order valence-corrected chi connectivity index (χ4v) is 1.18. The molecule has 1 aromatic rings. The Morgan fingerprint density at radius 2 is 2.36 bits per heavy atom. The van der Waals surface area contributed by atoms with Crippen LogP contribution in [0.5, 0.6) is 0 Å². The van der Waals surface area contributed by atoms with Crippen LogP contribution in [0.25, 0.3) is 0 Å². The van der Waals surface area contributed by atoms with Crippen LogP contribution in [-0.2, 0) is 5.75 Å². The van der Waals surface area contributed by atoms with Crippen LogP contribution >= 0.6 is 12.6 Å². The van der Waals surface area contributed by atoms with E-state index in [-0.39, 0.29) is 0 Å². The quantitative estimate of drug-likeness (QED) is 0.662. The van der Waals surface area contributed by atoms with Crippen molar-refractivity contribution in [2.24, 2.45) is 0 Å². The van der Waals surface area contributed by atoms with Crippen LogP contribution in [0, 0.1) is 0 Å². The van der Waals surface area contributed by atoms with Gasteiger partial charge < -0.3 is 5.73 Å². The molecule has 0 saturated heterocycles. The summed E-state index contributed by atoms with van der Waals surface area (Å²) in [7, 11) is 0. The molecule has 0 spiro atoms. The van der Waals surface area contributed by atoms with E-state index in [1.807, 2.05) is 13.8 Å². The van der Waals surface area contributed by atoms with E-state index in [2.05, 4.69) is 17.7 Å². The van der Waals surface area contributed by atoms with E-state index in [9.17, 15) is 0 Å². The van der Waals surface area contributed by atoms with E-state index in [1.165, 1.54) is 0 Å². The molecule has 0 bridgehead atoms. The Kier molecular flexibility index (Phi) is 2.44. The molecule has 2 N–H and O–H groups in total. The summed E-state index contributed by atoms with van der Waals surface area (Å²) < 4.78 is 1.80. The summed E-state index contributed by atoms with van der Waals surface area (Å²) in [5.41, 5.74) is 6.77. The molecule has 0 fully saturated rings. The van der Waals surface area contributed by atoms with Gasteiger partial charge in [0.2, 0.25) is 0 Å². The van der Waals surface area contributed by atoms with Crippen molar-refractivity contribution >= 4 is 18.4 Å². The van der Waals surface area contributed by atoms with E-state index in [1.54, 1.807) is 10.9 Å². The second kappa shape index (κ2) is 3.17. The van der Waals surface area contributed by atoms with Gasteiger partial charge in [0.25, 0.3) is 0 Å². The van der Waals surface area contributed by atoms with Crippen molar-refractivity contribution in [2.75, 3.05) is 5.73 Å². The third-order valence-electron chi connectivity index (χ3n) is 1.57. The molecule has 0 aliphatic rings. The number of anilines is 1. The highest BCUT2D eigenvalue weighted by molar-refractivity contribution is 7.79. The van der Waals surface area contributed by atoms with Crippen molar-refractivity contribution in [2.45, 2.75) is 25.6 Å². The standard InChI is InChI=1S/C7H13N3S/c1-5(2)10-7(8)6(4-11)3-9-10/h3,5,11H,4,8H2,1-2H3. The third kappa shape index (κ3) is 1.50. The van der Waals surface area contributed by atoms with Crippen molar-refractivity contribution in [3.05, 3.63) is 11.8 Å². The first-order valence-electron chi connectivity index (χ1n) is 3.59. The first kappa shape index (κ1) is 8.46. The number of rotatable bonds is 2. The Balaban J connectivity index is 3.00. The lowest BCUT2D eigenvalue weighted by molar-refractivity contribution is 0.540. The van der Waals surface area contributed by atoms with Gasteiger partial charge in [-0.3, -0.25) is 0 Å². The van der Waals surface area contributed by atoms with Crippen molar-refractivity contribution in [1.29, 1.82) is 0 Å². The number of aromatic nitrogens is 2. The van der Waals surface area contributed by atoms with Crippen LogP contribution in [0.4, 0.5) is 5.82 Å². The summed E-state index contributed by atoms with van der Waals surface area (Å²) in [6.07, 6.45) is 1.77. The smallest absolute Gasteiger partial charge is 0.126 e. The lowest BCUT2D eigenvalue weighted by Crippen LogP contribution is -2.07. The van der Waals surface area contributed by atoms with Gasteiger partial charge in [-0.25, -0.2) is 4.68 Å². The molecule has 0 radical (unpaired) electrons. The molecule has 0 amide bonds. The van der Waals surface area contributed by atoms with Crippen molar-refractivity contribution in [1.82, 2.24) is 9.78 Å². The van der Waals surface area contributed by atoms with Gasteiger partial charge in [-0.15, -0.1) is 0 Å². The van der Waals surface area contributed by atoms with Gasteiger partial charge in [-0.1, -0.05) is 0 Å². The maximum absolute atomic E-state index is 5.77. The molecule has 0 aliphatic heterocycles. The minimum absolute atomic E-state index is 0.323. The molecule has 0 saturated carbocycles. The summed E-state index contributed by atoms with van der Waals surface area (Å²) in [6.45, 7) is 4.09. The summed E-state index contributed by atoms with van der Waals surface area (Å²) in [6, 6.07) is 0.323. The maximum atomic E-state index is 5.77. The van der Waals surface area contributed by atoms with E-state index < -0.39 is 0 Å². The number of thiol groups is 1. The Bertz CT molecular complexity index is 242. The van der Waals surface area contributed by atoms with Crippen LogP contribution in [0.15, 0.2) is 6.20 Å². The van der Waals surface area contributed by atoms with Gasteiger partial charge in [0, 0.05) is 17.4 Å². The zero-order chi connectivity index (χ0) is 8.43. The van der Waals surface area contributed by atoms with Gasteiger partial charge >= 0.3 is 0 Å². The van der Waals surface area contributed by atoms with Crippen molar-refractivity contribution in [3.8, 4) is 0 Å². The number of hydrogen-bond acceptors (Lipinski definition) is 3. The summed E-state index contributed by atoms with van der Waals surface area (Å²) in [4.78, 5) is 0. The van der Waals surface area contributed by atoms with Crippen LogP contribution in [0.2, 0.25) is 0 Å². The molecule has 0 aromatic carbocycles. The number of nitrogen functional groups attached to an aromatic ring is 1. The molecule has 1 heterocycles. The average molecular weight is 171 g/mol. The molecule has 0 aliphatic carbocycles. The largest absolute Gasteiger partial charge is 0.384 e. The van der Waals surface area contributed by atoms with Crippen LogP contribution in [0.1, 0.15) is 25.5 Å². The SMILES string of the molecule is CC(C)n1ncc(CS)c1N. The minimum atomic E-state index is 0.323. The molecule has 4 heteroatoms. The third-order valence-corrected chi connectivity index (χ3v) is 1.91. The predicted molar refractivity (Wildman–Crippen MR) is 49.7 cm³/mol. The van der Waals surface area contributed by atoms with Crippen molar-refractivity contribution < 1.29 is 0 Å². The van der Waals surface area contributed by atoms with Crippen LogP contribution in [0.3, 0.4) is 0 Å². The van der Waals surface area contributed by atoms with Gasteiger partial charge in [-0.2, -0.15) is 17.7 Å². The molecule has 0 unspecified atom stereocenters. The van der Waals surface area contributed by atoms with Gasteiger partial charge in [0.05, 0.1) is 6.20 Å². The molecular formula is C7H13N3S. The minimum Gasteiger partial charge on any atom is -0.384 e. The Morgan fingerprint density at radius 1 is 1.73 bits per heavy atom. The molecule has 11 heavy (non-hydrogen) atoms. The molecule has 62 valence electrons. The highest BCUT2D eigenvalue weighted by Gasteiger charge is 2.07. The summed E-state index contributed by atoms with van der Waals surface area (Å²) >= 11 is 4.13. The maximum Gasteiger partial charge on any atom is 0.126 e. The second-order valence-corrected chi connectivity index (χ2v) is 3.07. The lowest BCUT2D eigenvalue weighted by Gasteiger charge is -2.07. The van der Waals surface area contributed by atoms with Crippen LogP contribution < -0.4 is 5.73 Å². The molecular weight excluding hydrogens is 158 g/mol. The fourth-order valence-electron chi connectivity index (χ4n) is 0.941. The number of nitrogens with zero attached hydrogens (tertiary/aromatic N) is 2. The highest BCUT2D eigenvalue weighted by atomic mass is 32.1. The Labute approximate surface area is 72.0 Å². The number of nitrogens with two attached hydrogens (primary N) is 1. The van der Waals surface area contributed by atoms with Gasteiger partial charge in [0.15, 0.2) is 0 Å². The van der Waals surface area contributed by atoms with Crippen molar-refractivity contribution in [3.63, 3.8) is 0 Å². The molecule has 1 aromatic heterocycles. The summed E-state index contributed by atoms with van der Waals surface area (Å²) in [5.74, 6) is 1.38. The molecule has 1 rings (SSSR count). The van der Waals surface area contributed by atoms with E-state index in [0.29, 0.717) is 11.8 Å². The zero-order valence-corrected chi connectivity index (χ0v) is 7.68. The van der Waals surface area contributed by atoms with Gasteiger partial charge in [-0.05, 0) is 13.8 Å². The highest BCUT2D eigenvalue weighted by Crippen LogP contribution is 2.16. The molecule has 0 atom stereocenters. The van der Waals surface area contributed by atoms with Gasteiger partial charge in [0.1, 0.15) is 5.82 Å². The Hall–Kier alpha value is -0.640. The average Bonchev–Trinajstić information content (AvgIpc) is 2.30. The topological polar surface area (TPSA) is 43.8 Å². The lowest BCUT2D eigenvalue weighted by atomic mass is 10.3. The van der Waals surface area contributed by atoms with E-state index in [4.69, 9.17) is 5.73 Å². The fraction of sp³-hybridized carbons (Fsp3) is 0.571. The molecule has 3 nitrogen and oxygen atoms in total. The van der Waals surface area contributed by atoms with E-state index in [0.717, 1.165) is 11.4 Å². The van der Waals surface area contributed by atoms with E-state index >= 15 is 0 Å². The first-order chi connectivity index (χ1) is 5.16. The first-order valence-corrected chi connectivity index (χ1v) is 4.22. The Morgan fingerprint density at radius 3 is 2.64 bits per heavy atom. The summed E-state index contributed by atoms with van der Waals surface area (Å²) in [5, 5.41) is 4.13. The monoisotopic (exact) mass is 171 g/mol.